The molecule has 1 unspecified atom stereocenters. The Morgan fingerprint density at radius 3 is 2.47 bits per heavy atom. The zero-order valence-corrected chi connectivity index (χ0v) is 22.4. The second-order valence-electron chi connectivity index (χ2n) is 8.18. The van der Waals surface area contributed by atoms with Crippen LogP contribution in [0.5, 0.6) is 11.5 Å². The van der Waals surface area contributed by atoms with E-state index in [2.05, 4.69) is 15.3 Å². The molecule has 0 saturated carbocycles. The van der Waals surface area contributed by atoms with Gasteiger partial charge in [0.05, 0.1) is 35.7 Å². The van der Waals surface area contributed by atoms with Crippen LogP contribution < -0.4 is 14.8 Å². The third kappa shape index (κ3) is 5.22. The lowest BCUT2D eigenvalue weighted by Gasteiger charge is -2.13. The van der Waals surface area contributed by atoms with Gasteiger partial charge in [-0.15, -0.1) is 22.7 Å². The summed E-state index contributed by atoms with van der Waals surface area (Å²) in [6.07, 6.45) is -1.04. The van der Waals surface area contributed by atoms with Crippen LogP contribution in [0.1, 0.15) is 17.3 Å². The number of nitrogens with zero attached hydrogens (tertiary/aromatic N) is 2. The third-order valence-electron chi connectivity index (χ3n) is 5.74. The lowest BCUT2D eigenvalue weighted by atomic mass is 10.1. The molecule has 0 saturated heterocycles. The number of hydrogen-bond donors (Lipinski definition) is 1. The first-order valence-electron chi connectivity index (χ1n) is 11.6. The van der Waals surface area contributed by atoms with Crippen molar-refractivity contribution >= 4 is 49.9 Å². The number of rotatable bonds is 8. The molecular weight excluding hydrogens is 522 g/mol. The third-order valence-corrected chi connectivity index (χ3v) is 7.57. The summed E-state index contributed by atoms with van der Waals surface area (Å²) in [5, 5.41) is 5.65. The summed E-state index contributed by atoms with van der Waals surface area (Å²) < 4.78 is 17.2. The molecular formula is C28H23N3O5S2. The van der Waals surface area contributed by atoms with Crippen LogP contribution in [0.15, 0.2) is 72.1 Å². The van der Waals surface area contributed by atoms with E-state index in [1.54, 1.807) is 32.4 Å². The Morgan fingerprint density at radius 1 is 0.921 bits per heavy atom. The van der Waals surface area contributed by atoms with Crippen molar-refractivity contribution in [3.8, 4) is 33.3 Å². The second kappa shape index (κ2) is 11.0. The topological polar surface area (TPSA) is 99.6 Å². The number of para-hydroxylation sites is 1. The van der Waals surface area contributed by atoms with E-state index in [0.717, 1.165) is 15.8 Å². The molecule has 0 aliphatic carbocycles. The molecule has 0 radical (unpaired) electrons. The SMILES string of the molecule is COc1ccc(-c2csc(NC(=O)C(C)OC(=O)c3ccccc3-c3nc4ccccc4s3)n2)cc1OC. The average Bonchev–Trinajstić information content (AvgIpc) is 3.59. The number of esters is 1. The molecule has 5 aromatic rings. The Hall–Kier alpha value is -4.28. The highest BCUT2D eigenvalue weighted by atomic mass is 32.1. The number of amides is 1. The number of anilines is 1. The highest BCUT2D eigenvalue weighted by molar-refractivity contribution is 7.21. The van der Waals surface area contributed by atoms with Gasteiger partial charge in [0.15, 0.2) is 22.7 Å². The molecule has 5 rings (SSSR count). The standard InChI is InChI=1S/C28H23N3O5S2/c1-16(25(32)31-28-30-21(15-37-28)17-12-13-22(34-2)23(14-17)35-3)36-27(33)19-9-5-4-8-18(19)26-29-20-10-6-7-11-24(20)38-26/h4-16H,1-3H3,(H,30,31,32). The molecule has 1 amide bonds. The largest absolute Gasteiger partial charge is 0.493 e. The quantitative estimate of drug-likeness (QED) is 0.229. The van der Waals surface area contributed by atoms with Gasteiger partial charge in [0.25, 0.3) is 5.91 Å². The molecule has 2 heterocycles. The van der Waals surface area contributed by atoms with E-state index >= 15 is 0 Å². The van der Waals surface area contributed by atoms with E-state index < -0.39 is 18.0 Å². The van der Waals surface area contributed by atoms with Crippen molar-refractivity contribution in [2.24, 2.45) is 0 Å². The Labute approximate surface area is 226 Å². The molecule has 10 heteroatoms. The van der Waals surface area contributed by atoms with E-state index in [-0.39, 0.29) is 0 Å². The summed E-state index contributed by atoms with van der Waals surface area (Å²) in [6.45, 7) is 1.52. The average molecular weight is 546 g/mol. The smallest absolute Gasteiger partial charge is 0.339 e. The Bertz CT molecular complexity index is 1590. The van der Waals surface area contributed by atoms with Crippen LogP contribution in [0, 0.1) is 0 Å². The number of fused-ring (bicyclic) bond motifs is 1. The number of nitrogens with one attached hydrogen (secondary N) is 1. The minimum atomic E-state index is -1.04. The van der Waals surface area contributed by atoms with Gasteiger partial charge in [-0.2, -0.15) is 0 Å². The van der Waals surface area contributed by atoms with Crippen LogP contribution in [0.2, 0.25) is 0 Å². The maximum absolute atomic E-state index is 13.1. The summed E-state index contributed by atoms with van der Waals surface area (Å²) in [5.74, 6) is 0.104. The van der Waals surface area contributed by atoms with Crippen molar-refractivity contribution in [3.63, 3.8) is 0 Å². The number of carbonyl (C=O) groups is 2. The molecule has 1 atom stereocenters. The molecule has 0 aliphatic rings. The molecule has 0 aliphatic heterocycles. The zero-order valence-electron chi connectivity index (χ0n) is 20.8. The molecule has 2 aromatic heterocycles. The number of methoxy groups -OCH3 is 2. The fourth-order valence-electron chi connectivity index (χ4n) is 3.78. The van der Waals surface area contributed by atoms with Gasteiger partial charge in [-0.05, 0) is 43.3 Å². The monoisotopic (exact) mass is 545 g/mol. The Balaban J connectivity index is 1.27. The van der Waals surface area contributed by atoms with Crippen LogP contribution in [-0.2, 0) is 9.53 Å². The summed E-state index contributed by atoms with van der Waals surface area (Å²) in [6, 6.07) is 20.3. The number of ether oxygens (including phenoxy) is 3. The molecule has 38 heavy (non-hydrogen) atoms. The van der Waals surface area contributed by atoms with Crippen LogP contribution >= 0.6 is 22.7 Å². The molecule has 0 bridgehead atoms. The van der Waals surface area contributed by atoms with Gasteiger partial charge in [-0.3, -0.25) is 10.1 Å². The first-order valence-corrected chi connectivity index (χ1v) is 13.3. The lowest BCUT2D eigenvalue weighted by molar-refractivity contribution is -0.123. The van der Waals surface area contributed by atoms with Gasteiger partial charge < -0.3 is 14.2 Å². The zero-order chi connectivity index (χ0) is 26.6. The molecule has 8 nitrogen and oxygen atoms in total. The number of aromatic nitrogens is 2. The second-order valence-corrected chi connectivity index (χ2v) is 10.1. The summed E-state index contributed by atoms with van der Waals surface area (Å²) >= 11 is 2.76. The van der Waals surface area contributed by atoms with Crippen molar-refractivity contribution in [3.05, 3.63) is 77.7 Å². The molecule has 1 N–H and O–H groups in total. The number of benzene rings is 3. The van der Waals surface area contributed by atoms with Gasteiger partial charge in [-0.25, -0.2) is 14.8 Å². The van der Waals surface area contributed by atoms with Crippen molar-refractivity contribution in [2.75, 3.05) is 19.5 Å². The van der Waals surface area contributed by atoms with Crippen molar-refractivity contribution < 1.29 is 23.8 Å². The summed E-state index contributed by atoms with van der Waals surface area (Å²) in [4.78, 5) is 35.0. The normalized spacial score (nSPS) is 11.7. The highest BCUT2D eigenvalue weighted by Crippen LogP contribution is 2.34. The predicted molar refractivity (Wildman–Crippen MR) is 149 cm³/mol. The van der Waals surface area contributed by atoms with Crippen molar-refractivity contribution in [1.82, 2.24) is 9.97 Å². The van der Waals surface area contributed by atoms with Crippen LogP contribution in [-0.4, -0.2) is 42.2 Å². The van der Waals surface area contributed by atoms with E-state index in [4.69, 9.17) is 14.2 Å². The summed E-state index contributed by atoms with van der Waals surface area (Å²) in [5.41, 5.74) is 3.34. The minimum Gasteiger partial charge on any atom is -0.493 e. The molecule has 3 aromatic carbocycles. The van der Waals surface area contributed by atoms with Crippen LogP contribution in [0.4, 0.5) is 5.13 Å². The van der Waals surface area contributed by atoms with E-state index in [1.165, 1.54) is 29.6 Å². The first-order chi connectivity index (χ1) is 18.5. The maximum atomic E-state index is 13.1. The Kier molecular flexibility index (Phi) is 7.34. The molecule has 192 valence electrons. The van der Waals surface area contributed by atoms with E-state index in [0.29, 0.717) is 38.5 Å². The lowest BCUT2D eigenvalue weighted by Crippen LogP contribution is -2.30. The fourth-order valence-corrected chi connectivity index (χ4v) is 5.51. The number of carbonyl (C=O) groups excluding carboxylic acids is 2. The van der Waals surface area contributed by atoms with Crippen LogP contribution in [0.3, 0.4) is 0 Å². The maximum Gasteiger partial charge on any atom is 0.339 e. The van der Waals surface area contributed by atoms with Gasteiger partial charge in [-0.1, -0.05) is 30.3 Å². The molecule has 0 fully saturated rings. The van der Waals surface area contributed by atoms with Crippen LogP contribution in [0.25, 0.3) is 32.0 Å². The first kappa shape index (κ1) is 25.4. The van der Waals surface area contributed by atoms with E-state index in [9.17, 15) is 9.59 Å². The number of thiazole rings is 2. The van der Waals surface area contributed by atoms with Crippen molar-refractivity contribution in [1.29, 1.82) is 0 Å². The Morgan fingerprint density at radius 2 is 1.68 bits per heavy atom. The van der Waals surface area contributed by atoms with Gasteiger partial charge in [0, 0.05) is 16.5 Å². The van der Waals surface area contributed by atoms with E-state index in [1.807, 2.05) is 53.9 Å². The predicted octanol–water partition coefficient (Wildman–Crippen LogP) is 6.29. The fraction of sp³-hybridized carbons (Fsp3) is 0.143. The summed E-state index contributed by atoms with van der Waals surface area (Å²) in [7, 11) is 3.13. The number of hydrogen-bond acceptors (Lipinski definition) is 9. The highest BCUT2D eigenvalue weighted by Gasteiger charge is 2.23. The minimum absolute atomic E-state index is 0.344. The van der Waals surface area contributed by atoms with Gasteiger partial charge in [0.2, 0.25) is 0 Å². The molecule has 0 spiro atoms. The van der Waals surface area contributed by atoms with Gasteiger partial charge in [0.1, 0.15) is 5.01 Å². The van der Waals surface area contributed by atoms with Gasteiger partial charge >= 0.3 is 5.97 Å². The van der Waals surface area contributed by atoms with Crippen molar-refractivity contribution in [2.45, 2.75) is 13.0 Å².